The molecule has 94 valence electrons. The van der Waals surface area contributed by atoms with Gasteiger partial charge in [0.2, 0.25) is 0 Å². The van der Waals surface area contributed by atoms with Gasteiger partial charge in [0.05, 0.1) is 0 Å². The molecule has 1 saturated carbocycles. The van der Waals surface area contributed by atoms with Crippen molar-refractivity contribution in [2.45, 2.75) is 31.6 Å². The molecule has 4 heteroatoms. The molecule has 2 rings (SSSR count). The second-order valence-corrected chi connectivity index (χ2v) is 4.42. The molecule has 0 aromatic heterocycles. The fourth-order valence-corrected chi connectivity index (χ4v) is 2.16. The smallest absolute Gasteiger partial charge is 0.165 e. The third-order valence-corrected chi connectivity index (χ3v) is 3.26. The highest BCUT2D eigenvalue weighted by atomic mass is 19.1. The maximum absolute atomic E-state index is 13.5. The molecule has 1 aliphatic rings. The number of ether oxygens (including phenoxy) is 2. The molecule has 0 spiro atoms. The van der Waals surface area contributed by atoms with E-state index in [2.05, 4.69) is 5.32 Å². The van der Waals surface area contributed by atoms with E-state index in [1.54, 1.807) is 19.2 Å². The number of benzene rings is 1. The second-order valence-electron chi connectivity index (χ2n) is 4.42. The van der Waals surface area contributed by atoms with Crippen molar-refractivity contribution in [2.24, 2.45) is 0 Å². The van der Waals surface area contributed by atoms with E-state index in [1.165, 1.54) is 6.07 Å². The number of rotatable bonds is 4. The lowest BCUT2D eigenvalue weighted by Crippen LogP contribution is -2.60. The molecule has 0 amide bonds. The van der Waals surface area contributed by atoms with Gasteiger partial charge in [0.15, 0.2) is 11.6 Å². The molecular weight excluding hydrogens is 221 g/mol. The highest BCUT2D eigenvalue weighted by molar-refractivity contribution is 5.30. The average Bonchev–Trinajstić information content (AvgIpc) is 2.28. The highest BCUT2D eigenvalue weighted by Crippen LogP contribution is 2.30. The van der Waals surface area contributed by atoms with Crippen molar-refractivity contribution >= 4 is 0 Å². The second kappa shape index (κ2) is 5.02. The van der Waals surface area contributed by atoms with Crippen LogP contribution in [0, 0.1) is 12.7 Å². The molecule has 1 aromatic rings. The van der Waals surface area contributed by atoms with Gasteiger partial charge in [0.25, 0.3) is 0 Å². The zero-order valence-electron chi connectivity index (χ0n) is 10.4. The van der Waals surface area contributed by atoms with Crippen molar-refractivity contribution in [1.82, 2.24) is 5.32 Å². The third kappa shape index (κ3) is 2.42. The molecule has 3 unspecified atom stereocenters. The zero-order chi connectivity index (χ0) is 12.4. The van der Waals surface area contributed by atoms with Crippen LogP contribution in [0.5, 0.6) is 5.75 Å². The molecule has 0 radical (unpaired) electrons. The maximum atomic E-state index is 13.5. The number of halogens is 1. The van der Waals surface area contributed by atoms with Gasteiger partial charge in [0, 0.05) is 19.6 Å². The monoisotopic (exact) mass is 239 g/mol. The summed E-state index contributed by atoms with van der Waals surface area (Å²) in [6, 6.07) is 5.17. The first-order valence-corrected chi connectivity index (χ1v) is 5.78. The quantitative estimate of drug-likeness (QED) is 0.870. The van der Waals surface area contributed by atoms with Crippen LogP contribution < -0.4 is 10.1 Å². The van der Waals surface area contributed by atoms with Crippen molar-refractivity contribution in [3.05, 3.63) is 29.6 Å². The Balaban J connectivity index is 2.04. The van der Waals surface area contributed by atoms with Crippen molar-refractivity contribution in [3.63, 3.8) is 0 Å². The Bertz CT molecular complexity index is 397. The molecule has 1 aromatic carbocycles. The summed E-state index contributed by atoms with van der Waals surface area (Å²) < 4.78 is 24.5. The summed E-state index contributed by atoms with van der Waals surface area (Å²) in [6.45, 7) is 1.91. The van der Waals surface area contributed by atoms with Crippen molar-refractivity contribution in [3.8, 4) is 5.75 Å². The summed E-state index contributed by atoms with van der Waals surface area (Å²) in [5.74, 6) is -0.00929. The van der Waals surface area contributed by atoms with Gasteiger partial charge in [-0.25, -0.2) is 4.39 Å². The van der Waals surface area contributed by atoms with Crippen LogP contribution in [0.25, 0.3) is 0 Å². The van der Waals surface area contributed by atoms with Gasteiger partial charge in [-0.3, -0.25) is 0 Å². The highest BCUT2D eigenvalue weighted by Gasteiger charge is 2.42. The summed E-state index contributed by atoms with van der Waals surface area (Å²) in [5, 5.41) is 3.15. The summed E-state index contributed by atoms with van der Waals surface area (Å²) >= 11 is 0. The maximum Gasteiger partial charge on any atom is 0.165 e. The fourth-order valence-electron chi connectivity index (χ4n) is 2.16. The molecule has 0 aliphatic heterocycles. The van der Waals surface area contributed by atoms with Gasteiger partial charge in [-0.2, -0.15) is 0 Å². The molecule has 1 N–H and O–H groups in total. The lowest BCUT2D eigenvalue weighted by molar-refractivity contribution is -0.0880. The molecule has 3 atom stereocenters. The standard InChI is InChI=1S/C13H18FNO2/c1-8-4-5-9(14)11(6-8)17-12-7-10(15-2)13(12)16-3/h4-6,10,12-13,15H,7H2,1-3H3. The third-order valence-electron chi connectivity index (χ3n) is 3.26. The predicted molar refractivity (Wildman–Crippen MR) is 63.8 cm³/mol. The van der Waals surface area contributed by atoms with E-state index in [9.17, 15) is 4.39 Å². The Morgan fingerprint density at radius 2 is 2.18 bits per heavy atom. The van der Waals surface area contributed by atoms with Gasteiger partial charge in [-0.1, -0.05) is 6.07 Å². The van der Waals surface area contributed by atoms with E-state index in [4.69, 9.17) is 9.47 Å². The Labute approximate surface area is 101 Å². The Hall–Kier alpha value is -1.13. The lowest BCUT2D eigenvalue weighted by atomic mass is 9.85. The summed E-state index contributed by atoms with van der Waals surface area (Å²) in [4.78, 5) is 0. The van der Waals surface area contributed by atoms with Gasteiger partial charge < -0.3 is 14.8 Å². The van der Waals surface area contributed by atoms with Crippen LogP contribution in [0.3, 0.4) is 0 Å². The number of aryl methyl sites for hydroxylation is 1. The van der Waals surface area contributed by atoms with Crippen molar-refractivity contribution < 1.29 is 13.9 Å². The van der Waals surface area contributed by atoms with Gasteiger partial charge in [0.1, 0.15) is 12.2 Å². The number of likely N-dealkylation sites (N-methyl/N-ethyl adjacent to an activating group) is 1. The normalized spacial score (nSPS) is 27.6. The van der Waals surface area contributed by atoms with E-state index >= 15 is 0 Å². The first-order chi connectivity index (χ1) is 8.15. The van der Waals surface area contributed by atoms with E-state index in [0.29, 0.717) is 5.75 Å². The minimum atomic E-state index is -0.321. The first kappa shape index (κ1) is 12.3. The van der Waals surface area contributed by atoms with Crippen LogP contribution >= 0.6 is 0 Å². The van der Waals surface area contributed by atoms with E-state index in [1.807, 2.05) is 14.0 Å². The lowest BCUT2D eigenvalue weighted by Gasteiger charge is -2.43. The van der Waals surface area contributed by atoms with E-state index in [-0.39, 0.29) is 24.1 Å². The molecule has 1 fully saturated rings. The Kier molecular flexibility index (Phi) is 3.64. The Morgan fingerprint density at radius 3 is 2.82 bits per heavy atom. The van der Waals surface area contributed by atoms with Crippen LogP contribution in [-0.4, -0.2) is 32.4 Å². The van der Waals surface area contributed by atoms with Gasteiger partial charge in [-0.05, 0) is 31.7 Å². The first-order valence-electron chi connectivity index (χ1n) is 5.78. The molecule has 1 aliphatic carbocycles. The number of nitrogens with one attached hydrogen (secondary N) is 1. The molecule has 3 nitrogen and oxygen atoms in total. The number of hydrogen-bond donors (Lipinski definition) is 1. The van der Waals surface area contributed by atoms with E-state index < -0.39 is 0 Å². The Morgan fingerprint density at radius 1 is 1.41 bits per heavy atom. The zero-order valence-corrected chi connectivity index (χ0v) is 10.4. The summed E-state index contributed by atoms with van der Waals surface area (Å²) in [7, 11) is 3.54. The molecule has 0 bridgehead atoms. The summed E-state index contributed by atoms with van der Waals surface area (Å²) in [6.07, 6.45) is 0.747. The SMILES string of the molecule is CNC1CC(Oc2cc(C)ccc2F)C1OC. The molecule has 17 heavy (non-hydrogen) atoms. The van der Waals surface area contributed by atoms with Crippen molar-refractivity contribution in [1.29, 1.82) is 0 Å². The van der Waals surface area contributed by atoms with E-state index in [0.717, 1.165) is 12.0 Å². The summed E-state index contributed by atoms with van der Waals surface area (Å²) in [5.41, 5.74) is 0.986. The molecule has 0 heterocycles. The van der Waals surface area contributed by atoms with Crippen LogP contribution in [0.15, 0.2) is 18.2 Å². The van der Waals surface area contributed by atoms with Crippen LogP contribution in [0.1, 0.15) is 12.0 Å². The number of hydrogen-bond acceptors (Lipinski definition) is 3. The van der Waals surface area contributed by atoms with Crippen LogP contribution in [-0.2, 0) is 4.74 Å². The average molecular weight is 239 g/mol. The van der Waals surface area contributed by atoms with Gasteiger partial charge >= 0.3 is 0 Å². The predicted octanol–water partition coefficient (Wildman–Crippen LogP) is 1.89. The van der Waals surface area contributed by atoms with Gasteiger partial charge in [-0.15, -0.1) is 0 Å². The molecule has 0 saturated heterocycles. The number of methoxy groups -OCH3 is 1. The van der Waals surface area contributed by atoms with Crippen molar-refractivity contribution in [2.75, 3.05) is 14.2 Å². The van der Waals surface area contributed by atoms with Crippen LogP contribution in [0.2, 0.25) is 0 Å². The minimum absolute atomic E-state index is 0.0140. The largest absolute Gasteiger partial charge is 0.485 e. The minimum Gasteiger partial charge on any atom is -0.485 e. The topological polar surface area (TPSA) is 30.5 Å². The molecular formula is C13H18FNO2. The fraction of sp³-hybridized carbons (Fsp3) is 0.538. The van der Waals surface area contributed by atoms with Crippen LogP contribution in [0.4, 0.5) is 4.39 Å².